The Morgan fingerprint density at radius 2 is 1.72 bits per heavy atom. The first-order valence-corrected chi connectivity index (χ1v) is 14.4. The highest BCUT2D eigenvalue weighted by molar-refractivity contribution is 6.07. The number of fused-ring (bicyclic) bond motifs is 1. The summed E-state index contributed by atoms with van der Waals surface area (Å²) in [5.41, 5.74) is 13.0. The number of urea groups is 1. The largest absolute Gasteiger partial charge is 0.406 e. The molecule has 5 amide bonds. The third kappa shape index (κ3) is 10.3. The minimum Gasteiger partial charge on any atom is -0.366 e. The molecule has 0 radical (unpaired) electrons. The molecule has 1 saturated heterocycles. The SMILES string of the molecule is C#C.C=CC.C=CC(C)C(C)c1ccccc1N(CC(F)(F)F)C(=O)CN.NC(=O)c1ccc2c(c1)CCC1(C2)NC(=O)NC1=O. The number of rotatable bonds is 7. The highest BCUT2D eigenvalue weighted by atomic mass is 19.4. The zero-order valence-corrected chi connectivity index (χ0v) is 26.3. The summed E-state index contributed by atoms with van der Waals surface area (Å²) in [7, 11) is 0. The molecule has 6 N–H and O–H groups in total. The van der Waals surface area contributed by atoms with Crippen LogP contribution in [-0.2, 0) is 22.4 Å². The zero-order chi connectivity index (χ0) is 35.2. The third-order valence-corrected chi connectivity index (χ3v) is 7.51. The van der Waals surface area contributed by atoms with Gasteiger partial charge < -0.3 is 21.7 Å². The number of amides is 5. The Morgan fingerprint density at radius 3 is 2.22 bits per heavy atom. The van der Waals surface area contributed by atoms with Crippen LogP contribution in [0.3, 0.4) is 0 Å². The number of nitrogens with zero attached hydrogens (tertiary/aromatic N) is 1. The number of hydrogen-bond acceptors (Lipinski definition) is 5. The number of imide groups is 1. The van der Waals surface area contributed by atoms with E-state index in [2.05, 4.69) is 36.6 Å². The van der Waals surface area contributed by atoms with E-state index in [0.717, 1.165) is 11.1 Å². The number of hydrogen-bond donors (Lipinski definition) is 4. The van der Waals surface area contributed by atoms with Crippen molar-refractivity contribution in [1.82, 2.24) is 10.6 Å². The maximum Gasteiger partial charge on any atom is 0.406 e. The Morgan fingerprint density at radius 1 is 1.11 bits per heavy atom. The number of alkyl halides is 3. The van der Waals surface area contributed by atoms with Crippen molar-refractivity contribution in [3.05, 3.63) is 90.0 Å². The van der Waals surface area contributed by atoms with Crippen LogP contribution < -0.4 is 27.0 Å². The molecule has 3 atom stereocenters. The lowest BCUT2D eigenvalue weighted by Crippen LogP contribution is -2.51. The average molecular weight is 642 g/mol. The predicted molar refractivity (Wildman–Crippen MR) is 174 cm³/mol. The summed E-state index contributed by atoms with van der Waals surface area (Å²) < 4.78 is 38.4. The van der Waals surface area contributed by atoms with E-state index in [9.17, 15) is 32.3 Å². The minimum absolute atomic E-state index is 0.0573. The number of nitrogens with two attached hydrogens (primary N) is 2. The van der Waals surface area contributed by atoms with Gasteiger partial charge in [-0.25, -0.2) is 4.79 Å². The van der Waals surface area contributed by atoms with Gasteiger partial charge in [0.25, 0.3) is 5.91 Å². The molecule has 0 aromatic heterocycles. The van der Waals surface area contributed by atoms with Gasteiger partial charge in [-0.05, 0) is 66.5 Å². The first-order chi connectivity index (χ1) is 21.6. The Kier molecular flexibility index (Phi) is 14.9. The van der Waals surface area contributed by atoms with E-state index in [0.29, 0.717) is 35.3 Å². The quantitative estimate of drug-likeness (QED) is 0.196. The normalized spacial score (nSPS) is 17.4. The molecule has 46 heavy (non-hydrogen) atoms. The number of halogens is 3. The van der Waals surface area contributed by atoms with Gasteiger partial charge in [-0.15, -0.1) is 26.0 Å². The van der Waals surface area contributed by atoms with Gasteiger partial charge in [-0.1, -0.05) is 50.3 Å². The number of primary amides is 1. The Bertz CT molecular complexity index is 1440. The maximum absolute atomic E-state index is 12.8. The monoisotopic (exact) mass is 641 g/mol. The van der Waals surface area contributed by atoms with Crippen LogP contribution in [0.15, 0.2) is 67.8 Å². The van der Waals surface area contributed by atoms with Crippen molar-refractivity contribution in [3.8, 4) is 12.8 Å². The van der Waals surface area contributed by atoms with E-state index in [1.165, 1.54) is 6.07 Å². The Balaban J connectivity index is 0.000000406. The van der Waals surface area contributed by atoms with Crippen molar-refractivity contribution >= 4 is 29.4 Å². The van der Waals surface area contributed by atoms with Gasteiger partial charge in [-0.2, -0.15) is 13.2 Å². The molecule has 2 aromatic rings. The van der Waals surface area contributed by atoms with Crippen LogP contribution in [0.4, 0.5) is 23.7 Å². The highest BCUT2D eigenvalue weighted by Gasteiger charge is 2.47. The number of para-hydroxylation sites is 1. The number of anilines is 1. The number of allylic oxidation sites excluding steroid dienone is 2. The molecule has 1 spiro atoms. The highest BCUT2D eigenvalue weighted by Crippen LogP contribution is 2.34. The molecule has 1 fully saturated rings. The van der Waals surface area contributed by atoms with Gasteiger partial charge in [0.15, 0.2) is 0 Å². The second-order valence-electron chi connectivity index (χ2n) is 10.7. The van der Waals surface area contributed by atoms with Crippen molar-refractivity contribution in [2.75, 3.05) is 18.0 Å². The molecule has 1 aliphatic heterocycles. The van der Waals surface area contributed by atoms with Gasteiger partial charge >= 0.3 is 12.2 Å². The zero-order valence-electron chi connectivity index (χ0n) is 26.3. The fourth-order valence-electron chi connectivity index (χ4n) is 4.98. The van der Waals surface area contributed by atoms with Gasteiger partial charge in [0.05, 0.1) is 6.54 Å². The summed E-state index contributed by atoms with van der Waals surface area (Å²) in [4.78, 5) is 46.9. The van der Waals surface area contributed by atoms with E-state index >= 15 is 0 Å². The maximum atomic E-state index is 12.8. The fraction of sp³-hybridized carbons (Fsp3) is 0.353. The summed E-state index contributed by atoms with van der Waals surface area (Å²) in [6, 6.07) is 11.4. The van der Waals surface area contributed by atoms with Crippen LogP contribution >= 0.6 is 0 Å². The summed E-state index contributed by atoms with van der Waals surface area (Å²) in [5.74, 6) is -1.52. The summed E-state index contributed by atoms with van der Waals surface area (Å²) in [6.45, 7) is 11.0. The van der Waals surface area contributed by atoms with Gasteiger partial charge in [0, 0.05) is 17.7 Å². The third-order valence-electron chi connectivity index (χ3n) is 7.51. The molecule has 12 heteroatoms. The molecule has 2 aliphatic rings. The van der Waals surface area contributed by atoms with Crippen LogP contribution in [0.2, 0.25) is 0 Å². The van der Waals surface area contributed by atoms with Gasteiger partial charge in [0.2, 0.25) is 11.8 Å². The predicted octanol–water partition coefficient (Wildman–Crippen LogP) is 4.76. The summed E-state index contributed by atoms with van der Waals surface area (Å²) >= 11 is 0. The minimum atomic E-state index is -4.49. The van der Waals surface area contributed by atoms with Crippen molar-refractivity contribution in [3.63, 3.8) is 0 Å². The summed E-state index contributed by atoms with van der Waals surface area (Å²) in [5, 5.41) is 4.98. The number of terminal acetylenes is 1. The second-order valence-corrected chi connectivity index (χ2v) is 10.7. The van der Waals surface area contributed by atoms with Crippen LogP contribution in [0.25, 0.3) is 0 Å². The topological polar surface area (TPSA) is 148 Å². The molecule has 3 unspecified atom stereocenters. The molecule has 1 heterocycles. The van der Waals surface area contributed by atoms with Crippen molar-refractivity contribution < 1.29 is 32.3 Å². The van der Waals surface area contributed by atoms with Crippen LogP contribution in [0, 0.1) is 18.8 Å². The van der Waals surface area contributed by atoms with Crippen LogP contribution in [-0.4, -0.2) is 48.6 Å². The second kappa shape index (κ2) is 17.6. The van der Waals surface area contributed by atoms with E-state index in [4.69, 9.17) is 11.5 Å². The first-order valence-electron chi connectivity index (χ1n) is 14.4. The number of carbonyl (C=O) groups is 4. The van der Waals surface area contributed by atoms with Crippen molar-refractivity contribution in [1.29, 1.82) is 0 Å². The van der Waals surface area contributed by atoms with Gasteiger partial charge in [0.1, 0.15) is 12.1 Å². The smallest absolute Gasteiger partial charge is 0.366 e. The molecule has 9 nitrogen and oxygen atoms in total. The van der Waals surface area contributed by atoms with Gasteiger partial charge in [-0.3, -0.25) is 19.7 Å². The molecular weight excluding hydrogens is 599 g/mol. The average Bonchev–Trinajstić information content (AvgIpc) is 3.30. The van der Waals surface area contributed by atoms with Crippen LogP contribution in [0.5, 0.6) is 0 Å². The van der Waals surface area contributed by atoms with E-state index in [1.54, 1.807) is 48.6 Å². The molecule has 1 aliphatic carbocycles. The molecule has 0 bridgehead atoms. The lowest BCUT2D eigenvalue weighted by Gasteiger charge is -2.31. The molecular formula is C34H42F3N5O4. The standard InChI is InChI=1S/C16H21F3N2O.C13H13N3O3.C3H6.C2H2/c1-4-11(2)12(3)13-7-5-6-8-14(13)21(15(22)9-20)10-16(17,18)19;14-10(17)8-1-2-9-6-13(4-3-7(9)5-8)11(18)15-12(19)16-13;1-3-2;1-2/h4-8,11-12H,1,9-10,20H2,2-3H3;1-2,5H,3-4,6H2,(H2,14,17)(H2,15,16,18,19);3H,1H2,2H3;1-2H. The van der Waals surface area contributed by atoms with E-state index in [1.807, 2.05) is 20.8 Å². The van der Waals surface area contributed by atoms with E-state index < -0.39 is 42.7 Å². The first kappa shape index (κ1) is 39.1. The molecule has 4 rings (SSSR count). The number of carbonyl (C=O) groups excluding carboxylic acids is 4. The lowest BCUT2D eigenvalue weighted by atomic mass is 9.77. The number of aryl methyl sites for hydroxylation is 1. The fourth-order valence-corrected chi connectivity index (χ4v) is 4.98. The Labute approximate surface area is 268 Å². The molecule has 0 saturated carbocycles. The lowest BCUT2D eigenvalue weighted by molar-refractivity contribution is -0.131. The van der Waals surface area contributed by atoms with Crippen LogP contribution in [0.1, 0.15) is 60.2 Å². The number of nitrogens with one attached hydrogen (secondary N) is 2. The van der Waals surface area contributed by atoms with Crippen molar-refractivity contribution in [2.45, 2.75) is 57.7 Å². The van der Waals surface area contributed by atoms with E-state index in [-0.39, 0.29) is 23.4 Å². The Hall–Kier alpha value is -4.89. The molecule has 2 aromatic carbocycles. The van der Waals surface area contributed by atoms with Crippen molar-refractivity contribution in [2.24, 2.45) is 17.4 Å². The molecule has 248 valence electrons. The summed E-state index contributed by atoms with van der Waals surface area (Å²) in [6.07, 6.45) is 8.59. The number of benzene rings is 2.